The first-order valence-corrected chi connectivity index (χ1v) is 6.30. The van der Waals surface area contributed by atoms with Crippen molar-refractivity contribution in [2.45, 2.75) is 13.5 Å². The zero-order chi connectivity index (χ0) is 14.7. The lowest BCUT2D eigenvalue weighted by Gasteiger charge is -2.12. The molecule has 0 saturated heterocycles. The predicted molar refractivity (Wildman–Crippen MR) is 77.1 cm³/mol. The lowest BCUT2D eigenvalue weighted by molar-refractivity contribution is 0.335. The number of hydrogen-bond donors (Lipinski definition) is 1. The molecule has 1 heterocycles. The number of ether oxygens (including phenoxy) is 1. The Morgan fingerprint density at radius 2 is 1.95 bits per heavy atom. The smallest absolute Gasteiger partial charge is 0.316 e. The van der Waals surface area contributed by atoms with E-state index < -0.39 is 11.1 Å². The van der Waals surface area contributed by atoms with Gasteiger partial charge in [0.15, 0.2) is 0 Å². The molecule has 2 aromatic rings. The van der Waals surface area contributed by atoms with Crippen LogP contribution in [-0.2, 0) is 13.6 Å². The Morgan fingerprint density at radius 3 is 2.65 bits per heavy atom. The molecule has 0 bridgehead atoms. The zero-order valence-electron chi connectivity index (χ0n) is 11.5. The van der Waals surface area contributed by atoms with Gasteiger partial charge >= 0.3 is 11.1 Å². The SMILES string of the molecule is CCOc1ccc(N)cc1Cn1ccn(C)c(=O)c1=O. The van der Waals surface area contributed by atoms with E-state index in [2.05, 4.69) is 0 Å². The molecule has 2 N–H and O–H groups in total. The van der Waals surface area contributed by atoms with Gasteiger partial charge in [-0.15, -0.1) is 0 Å². The number of nitrogens with two attached hydrogens (primary N) is 1. The van der Waals surface area contributed by atoms with Crippen molar-refractivity contribution in [3.05, 3.63) is 56.9 Å². The topological polar surface area (TPSA) is 79.2 Å². The van der Waals surface area contributed by atoms with E-state index in [1.807, 2.05) is 6.92 Å². The van der Waals surface area contributed by atoms with Crippen LogP contribution in [0.25, 0.3) is 0 Å². The maximum Gasteiger partial charge on any atom is 0.316 e. The Balaban J connectivity index is 2.44. The molecule has 6 nitrogen and oxygen atoms in total. The van der Waals surface area contributed by atoms with Crippen molar-refractivity contribution in [3.8, 4) is 5.75 Å². The molecule has 2 rings (SSSR count). The van der Waals surface area contributed by atoms with Gasteiger partial charge < -0.3 is 19.6 Å². The van der Waals surface area contributed by atoms with Gasteiger partial charge in [-0.1, -0.05) is 0 Å². The Hall–Kier alpha value is -2.50. The van der Waals surface area contributed by atoms with Crippen molar-refractivity contribution in [2.75, 3.05) is 12.3 Å². The van der Waals surface area contributed by atoms with Crippen molar-refractivity contribution >= 4 is 5.69 Å². The molecule has 0 fully saturated rings. The Labute approximate surface area is 116 Å². The Bertz CT molecular complexity index is 731. The third-order valence-electron chi connectivity index (χ3n) is 2.96. The van der Waals surface area contributed by atoms with Crippen LogP contribution in [0.1, 0.15) is 12.5 Å². The van der Waals surface area contributed by atoms with E-state index in [1.165, 1.54) is 9.13 Å². The van der Waals surface area contributed by atoms with Crippen molar-refractivity contribution in [3.63, 3.8) is 0 Å². The molecule has 1 aromatic carbocycles. The molecule has 0 saturated carbocycles. The van der Waals surface area contributed by atoms with Gasteiger partial charge in [-0.2, -0.15) is 0 Å². The van der Waals surface area contributed by atoms with Crippen LogP contribution < -0.4 is 21.6 Å². The fourth-order valence-corrected chi connectivity index (χ4v) is 1.92. The second kappa shape index (κ2) is 5.64. The quantitative estimate of drug-likeness (QED) is 0.653. The second-order valence-electron chi connectivity index (χ2n) is 4.45. The number of anilines is 1. The summed E-state index contributed by atoms with van der Waals surface area (Å²) in [6, 6.07) is 5.25. The summed E-state index contributed by atoms with van der Waals surface area (Å²) in [7, 11) is 1.54. The van der Waals surface area contributed by atoms with Gasteiger partial charge in [0.25, 0.3) is 0 Å². The number of aryl methyl sites for hydroxylation is 1. The highest BCUT2D eigenvalue weighted by atomic mass is 16.5. The highest BCUT2D eigenvalue weighted by Crippen LogP contribution is 2.22. The second-order valence-corrected chi connectivity index (χ2v) is 4.45. The van der Waals surface area contributed by atoms with Crippen LogP contribution in [0.4, 0.5) is 5.69 Å². The van der Waals surface area contributed by atoms with Gasteiger partial charge in [0.05, 0.1) is 13.2 Å². The summed E-state index contributed by atoms with van der Waals surface area (Å²) in [6.45, 7) is 2.64. The van der Waals surface area contributed by atoms with Crippen LogP contribution in [0.3, 0.4) is 0 Å². The first-order chi connectivity index (χ1) is 9.52. The Morgan fingerprint density at radius 1 is 1.20 bits per heavy atom. The summed E-state index contributed by atoms with van der Waals surface area (Å²) in [5, 5.41) is 0. The van der Waals surface area contributed by atoms with Crippen LogP contribution in [0.15, 0.2) is 40.2 Å². The normalized spacial score (nSPS) is 10.5. The van der Waals surface area contributed by atoms with Crippen LogP contribution in [0.2, 0.25) is 0 Å². The van der Waals surface area contributed by atoms with E-state index in [4.69, 9.17) is 10.5 Å². The van der Waals surface area contributed by atoms with E-state index in [0.29, 0.717) is 18.0 Å². The lowest BCUT2D eigenvalue weighted by Crippen LogP contribution is -2.39. The largest absolute Gasteiger partial charge is 0.494 e. The first kappa shape index (κ1) is 13.9. The first-order valence-electron chi connectivity index (χ1n) is 6.30. The standard InChI is InChI=1S/C14H17N3O3/c1-3-20-12-5-4-11(15)8-10(12)9-17-7-6-16(2)13(18)14(17)19/h4-8H,3,9,15H2,1-2H3. The summed E-state index contributed by atoms with van der Waals surface area (Å²) >= 11 is 0. The molecule has 0 spiro atoms. The van der Waals surface area contributed by atoms with Gasteiger partial charge in [0.2, 0.25) is 0 Å². The molecule has 6 heteroatoms. The number of nitrogens with zero attached hydrogens (tertiary/aromatic N) is 2. The number of aromatic nitrogens is 2. The summed E-state index contributed by atoms with van der Waals surface area (Å²) in [5.41, 5.74) is 5.98. The molecule has 0 radical (unpaired) electrons. The van der Waals surface area contributed by atoms with Crippen molar-refractivity contribution in [1.82, 2.24) is 9.13 Å². The molecule has 106 valence electrons. The summed E-state index contributed by atoms with van der Waals surface area (Å²) in [6.07, 6.45) is 3.12. The maximum atomic E-state index is 11.9. The van der Waals surface area contributed by atoms with E-state index >= 15 is 0 Å². The highest BCUT2D eigenvalue weighted by molar-refractivity contribution is 5.48. The molecule has 0 aliphatic carbocycles. The average Bonchev–Trinajstić information content (AvgIpc) is 2.42. The monoisotopic (exact) mass is 275 g/mol. The third kappa shape index (κ3) is 2.74. The summed E-state index contributed by atoms with van der Waals surface area (Å²) in [5.74, 6) is 0.661. The molecule has 0 amide bonds. The highest BCUT2D eigenvalue weighted by Gasteiger charge is 2.08. The minimum absolute atomic E-state index is 0.245. The number of hydrogen-bond acceptors (Lipinski definition) is 4. The zero-order valence-corrected chi connectivity index (χ0v) is 11.5. The van der Waals surface area contributed by atoms with E-state index in [-0.39, 0.29) is 6.54 Å². The van der Waals surface area contributed by atoms with Crippen LogP contribution in [0, 0.1) is 0 Å². The van der Waals surface area contributed by atoms with Crippen LogP contribution >= 0.6 is 0 Å². The van der Waals surface area contributed by atoms with Gasteiger partial charge in [0, 0.05) is 30.7 Å². The van der Waals surface area contributed by atoms with Crippen molar-refractivity contribution < 1.29 is 4.74 Å². The predicted octanol–water partition coefficient (Wildman–Crippen LogP) is 0.576. The van der Waals surface area contributed by atoms with Gasteiger partial charge in [-0.05, 0) is 25.1 Å². The van der Waals surface area contributed by atoms with Gasteiger partial charge in [-0.3, -0.25) is 9.59 Å². The molecular weight excluding hydrogens is 258 g/mol. The van der Waals surface area contributed by atoms with Crippen molar-refractivity contribution in [2.24, 2.45) is 7.05 Å². The minimum Gasteiger partial charge on any atom is -0.494 e. The molecule has 0 aliphatic heterocycles. The molecule has 0 atom stereocenters. The molecular formula is C14H17N3O3. The number of rotatable bonds is 4. The average molecular weight is 275 g/mol. The fourth-order valence-electron chi connectivity index (χ4n) is 1.92. The minimum atomic E-state index is -0.570. The van der Waals surface area contributed by atoms with Gasteiger partial charge in [-0.25, -0.2) is 0 Å². The third-order valence-corrected chi connectivity index (χ3v) is 2.96. The van der Waals surface area contributed by atoms with Crippen LogP contribution in [-0.4, -0.2) is 15.7 Å². The lowest BCUT2D eigenvalue weighted by atomic mass is 10.1. The van der Waals surface area contributed by atoms with Crippen molar-refractivity contribution in [1.29, 1.82) is 0 Å². The number of nitrogen functional groups attached to an aromatic ring is 1. The molecule has 0 aliphatic rings. The van der Waals surface area contributed by atoms with Crippen LogP contribution in [0.5, 0.6) is 5.75 Å². The molecule has 20 heavy (non-hydrogen) atoms. The van der Waals surface area contributed by atoms with E-state index in [1.54, 1.807) is 37.6 Å². The number of benzene rings is 1. The van der Waals surface area contributed by atoms with E-state index in [0.717, 1.165) is 5.56 Å². The molecule has 1 aromatic heterocycles. The summed E-state index contributed by atoms with van der Waals surface area (Å²) in [4.78, 5) is 23.5. The van der Waals surface area contributed by atoms with Gasteiger partial charge in [0.1, 0.15) is 5.75 Å². The Kier molecular flexibility index (Phi) is 3.93. The fraction of sp³-hybridized carbons (Fsp3) is 0.286. The summed E-state index contributed by atoms with van der Waals surface area (Å²) < 4.78 is 8.10. The molecule has 0 unspecified atom stereocenters. The maximum absolute atomic E-state index is 11.9. The van der Waals surface area contributed by atoms with E-state index in [9.17, 15) is 9.59 Å².